The zero-order valence-electron chi connectivity index (χ0n) is 10.1. The van der Waals surface area contributed by atoms with E-state index in [4.69, 9.17) is 5.84 Å². The van der Waals surface area contributed by atoms with Gasteiger partial charge in [0.2, 0.25) is 5.95 Å². The number of halogens is 1. The summed E-state index contributed by atoms with van der Waals surface area (Å²) in [6, 6.07) is 0. The average molecular weight is 288 g/mol. The maximum atomic E-state index is 5.30. The number of nitrogens with one attached hydrogen (secondary N) is 1. The van der Waals surface area contributed by atoms with Gasteiger partial charge >= 0.3 is 0 Å². The lowest BCUT2D eigenvalue weighted by Crippen LogP contribution is -2.41. The highest BCUT2D eigenvalue weighted by molar-refractivity contribution is 9.10. The number of rotatable bonds is 4. The van der Waals surface area contributed by atoms with Crippen molar-refractivity contribution in [2.75, 3.05) is 17.4 Å². The molecule has 1 aromatic rings. The van der Waals surface area contributed by atoms with E-state index in [1.54, 1.807) is 6.20 Å². The number of hydrogen-bond acceptors (Lipinski definition) is 5. The van der Waals surface area contributed by atoms with E-state index >= 15 is 0 Å². The fourth-order valence-electron chi connectivity index (χ4n) is 1.19. The Kier molecular flexibility index (Phi) is 4.09. The lowest BCUT2D eigenvalue weighted by molar-refractivity contribution is 0.466. The molecule has 1 rings (SSSR count). The first kappa shape index (κ1) is 13.2. The van der Waals surface area contributed by atoms with Crippen molar-refractivity contribution in [3.8, 4) is 0 Å². The van der Waals surface area contributed by atoms with Crippen LogP contribution in [-0.2, 0) is 0 Å². The molecule has 16 heavy (non-hydrogen) atoms. The van der Waals surface area contributed by atoms with Gasteiger partial charge in [0.15, 0.2) is 0 Å². The zero-order valence-corrected chi connectivity index (χ0v) is 11.7. The Morgan fingerprint density at radius 1 is 1.56 bits per heavy atom. The summed E-state index contributed by atoms with van der Waals surface area (Å²) in [5, 5.41) is 0. The van der Waals surface area contributed by atoms with Crippen molar-refractivity contribution >= 4 is 27.7 Å². The van der Waals surface area contributed by atoms with E-state index in [1.165, 1.54) is 0 Å². The minimum absolute atomic E-state index is 0.0305. The number of hydrazine groups is 1. The zero-order chi connectivity index (χ0) is 12.3. The van der Waals surface area contributed by atoms with Gasteiger partial charge in [-0.15, -0.1) is 0 Å². The SMILES string of the molecule is CCC(C)(C)N(C)c1nc(NN)ncc1Br. The van der Waals surface area contributed by atoms with Crippen molar-refractivity contribution in [1.29, 1.82) is 0 Å². The Labute approximate surface area is 105 Å². The van der Waals surface area contributed by atoms with Crippen LogP contribution < -0.4 is 16.2 Å². The number of nitrogens with zero attached hydrogens (tertiary/aromatic N) is 3. The maximum absolute atomic E-state index is 5.30. The van der Waals surface area contributed by atoms with Gasteiger partial charge < -0.3 is 4.90 Å². The molecule has 0 radical (unpaired) electrons. The first-order chi connectivity index (χ1) is 7.42. The summed E-state index contributed by atoms with van der Waals surface area (Å²) in [4.78, 5) is 10.5. The molecule has 0 atom stereocenters. The van der Waals surface area contributed by atoms with Crippen molar-refractivity contribution in [3.05, 3.63) is 10.7 Å². The van der Waals surface area contributed by atoms with Crippen LogP contribution in [0.1, 0.15) is 27.2 Å². The summed E-state index contributed by atoms with van der Waals surface area (Å²) in [5.74, 6) is 6.54. The van der Waals surface area contributed by atoms with Crippen molar-refractivity contribution < 1.29 is 0 Å². The fraction of sp³-hybridized carbons (Fsp3) is 0.600. The molecule has 3 N–H and O–H groups in total. The Bertz CT molecular complexity index is 366. The molecule has 0 aliphatic rings. The van der Waals surface area contributed by atoms with Crippen molar-refractivity contribution in [1.82, 2.24) is 9.97 Å². The van der Waals surface area contributed by atoms with Crippen molar-refractivity contribution in [2.24, 2.45) is 5.84 Å². The first-order valence-electron chi connectivity index (χ1n) is 5.15. The van der Waals surface area contributed by atoms with E-state index in [0.717, 1.165) is 16.7 Å². The molecule has 1 aromatic heterocycles. The van der Waals surface area contributed by atoms with Gasteiger partial charge in [-0.3, -0.25) is 5.43 Å². The third kappa shape index (κ3) is 2.62. The van der Waals surface area contributed by atoms with E-state index < -0.39 is 0 Å². The lowest BCUT2D eigenvalue weighted by atomic mass is 10.0. The molecule has 0 aromatic carbocycles. The quantitative estimate of drug-likeness (QED) is 0.656. The summed E-state index contributed by atoms with van der Waals surface area (Å²) < 4.78 is 0.857. The van der Waals surface area contributed by atoms with Gasteiger partial charge in [-0.1, -0.05) is 6.92 Å². The Morgan fingerprint density at radius 2 is 2.19 bits per heavy atom. The predicted octanol–water partition coefficient (Wildman–Crippen LogP) is 2.15. The van der Waals surface area contributed by atoms with E-state index in [-0.39, 0.29) is 5.54 Å². The Balaban J connectivity index is 3.11. The van der Waals surface area contributed by atoms with Gasteiger partial charge in [-0.2, -0.15) is 4.98 Å². The van der Waals surface area contributed by atoms with Gasteiger partial charge in [0.05, 0.1) is 4.47 Å². The van der Waals surface area contributed by atoms with E-state index in [9.17, 15) is 0 Å². The molecule has 0 fully saturated rings. The fourth-order valence-corrected chi connectivity index (χ4v) is 1.64. The summed E-state index contributed by atoms with van der Waals surface area (Å²) in [6.07, 6.45) is 2.71. The monoisotopic (exact) mass is 287 g/mol. The number of nitrogens with two attached hydrogens (primary N) is 1. The van der Waals surface area contributed by atoms with Crippen LogP contribution in [-0.4, -0.2) is 22.6 Å². The topological polar surface area (TPSA) is 67.1 Å². The first-order valence-corrected chi connectivity index (χ1v) is 5.94. The summed E-state index contributed by atoms with van der Waals surface area (Å²) in [7, 11) is 2.01. The maximum Gasteiger partial charge on any atom is 0.239 e. The molecular formula is C10H18BrN5. The molecule has 90 valence electrons. The Hall–Kier alpha value is -0.880. The normalized spacial score (nSPS) is 11.4. The molecule has 0 aliphatic carbocycles. The van der Waals surface area contributed by atoms with Gasteiger partial charge in [0, 0.05) is 18.8 Å². The third-order valence-corrected chi connectivity index (χ3v) is 3.51. The second kappa shape index (κ2) is 4.97. The van der Waals surface area contributed by atoms with Crippen LogP contribution in [0, 0.1) is 0 Å². The predicted molar refractivity (Wildman–Crippen MR) is 70.3 cm³/mol. The minimum Gasteiger partial charge on any atom is -0.353 e. The number of anilines is 2. The lowest BCUT2D eigenvalue weighted by Gasteiger charge is -2.36. The van der Waals surface area contributed by atoms with Crippen molar-refractivity contribution in [3.63, 3.8) is 0 Å². The second-order valence-electron chi connectivity index (χ2n) is 4.23. The smallest absolute Gasteiger partial charge is 0.239 e. The largest absolute Gasteiger partial charge is 0.353 e. The molecule has 0 spiro atoms. The molecule has 0 bridgehead atoms. The van der Waals surface area contributed by atoms with Crippen molar-refractivity contribution in [2.45, 2.75) is 32.7 Å². The van der Waals surface area contributed by atoms with Gasteiger partial charge in [-0.25, -0.2) is 10.8 Å². The molecule has 0 saturated heterocycles. The molecule has 1 heterocycles. The Morgan fingerprint density at radius 3 is 2.69 bits per heavy atom. The highest BCUT2D eigenvalue weighted by atomic mass is 79.9. The highest BCUT2D eigenvalue weighted by Gasteiger charge is 2.24. The van der Waals surface area contributed by atoms with Crippen LogP contribution >= 0.6 is 15.9 Å². The number of nitrogen functional groups attached to an aromatic ring is 1. The van der Waals surface area contributed by atoms with E-state index in [1.807, 2.05) is 7.05 Å². The average Bonchev–Trinajstić information content (AvgIpc) is 2.29. The second-order valence-corrected chi connectivity index (χ2v) is 5.09. The molecular weight excluding hydrogens is 270 g/mol. The van der Waals surface area contributed by atoms with E-state index in [0.29, 0.717) is 5.95 Å². The summed E-state index contributed by atoms with van der Waals surface area (Å²) >= 11 is 3.45. The molecule has 0 saturated carbocycles. The summed E-state index contributed by atoms with van der Waals surface area (Å²) in [5.41, 5.74) is 2.48. The molecule has 0 unspecified atom stereocenters. The molecule has 5 nitrogen and oxygen atoms in total. The van der Waals surface area contributed by atoms with Gasteiger partial charge in [0.1, 0.15) is 5.82 Å². The number of aromatic nitrogens is 2. The van der Waals surface area contributed by atoms with Gasteiger partial charge in [-0.05, 0) is 36.2 Å². The van der Waals surface area contributed by atoms with Crippen LogP contribution in [0.3, 0.4) is 0 Å². The van der Waals surface area contributed by atoms with E-state index in [2.05, 4.69) is 57.0 Å². The summed E-state index contributed by atoms with van der Waals surface area (Å²) in [6.45, 7) is 6.47. The van der Waals surface area contributed by atoms with Crippen LogP contribution in [0.25, 0.3) is 0 Å². The standard InChI is InChI=1S/C10H18BrN5/c1-5-10(2,3)16(4)8-7(11)6-13-9(14-8)15-12/h6H,5,12H2,1-4H3,(H,13,14,15). The minimum atomic E-state index is 0.0305. The number of hydrogen-bond donors (Lipinski definition) is 2. The third-order valence-electron chi connectivity index (χ3n) is 2.95. The van der Waals surface area contributed by atoms with Crippen LogP contribution in [0.4, 0.5) is 11.8 Å². The van der Waals surface area contributed by atoms with Crippen LogP contribution in [0.5, 0.6) is 0 Å². The molecule has 0 amide bonds. The molecule has 6 heteroatoms. The van der Waals surface area contributed by atoms with Crippen LogP contribution in [0.2, 0.25) is 0 Å². The highest BCUT2D eigenvalue weighted by Crippen LogP contribution is 2.29. The van der Waals surface area contributed by atoms with Crippen LogP contribution in [0.15, 0.2) is 10.7 Å². The van der Waals surface area contributed by atoms with Gasteiger partial charge in [0.25, 0.3) is 0 Å². The molecule has 0 aliphatic heterocycles.